The van der Waals surface area contributed by atoms with Crippen molar-refractivity contribution < 1.29 is 19.0 Å². The van der Waals surface area contributed by atoms with Crippen molar-refractivity contribution in [2.24, 2.45) is 0 Å². The first kappa shape index (κ1) is 10.2. The van der Waals surface area contributed by atoms with Crippen LogP contribution in [0.1, 0.15) is 13.8 Å². The molecule has 0 amide bonds. The van der Waals surface area contributed by atoms with Crippen molar-refractivity contribution in [2.75, 3.05) is 13.2 Å². The van der Waals surface area contributed by atoms with Gasteiger partial charge >= 0.3 is 5.97 Å². The first-order valence-electron chi connectivity index (χ1n) is 4.19. The van der Waals surface area contributed by atoms with Gasteiger partial charge in [-0.25, -0.2) is 4.79 Å². The molecule has 0 bridgehead atoms. The Morgan fingerprint density at radius 1 is 1.69 bits per heavy atom. The van der Waals surface area contributed by atoms with Crippen LogP contribution in [0.25, 0.3) is 0 Å². The highest BCUT2D eigenvalue weighted by molar-refractivity contribution is 5.86. The van der Waals surface area contributed by atoms with Crippen LogP contribution in [0.15, 0.2) is 12.2 Å². The molecule has 0 spiro atoms. The van der Waals surface area contributed by atoms with Gasteiger partial charge in [-0.2, -0.15) is 0 Å². The zero-order chi connectivity index (χ0) is 9.84. The minimum Gasteiger partial charge on any atom is -0.459 e. The number of ether oxygens (including phenoxy) is 3. The Kier molecular flexibility index (Phi) is 3.45. The standard InChI is InChI=1S/C9H14O4/c1-6(2)9(10)12-5-8-4-11-7(3)13-8/h7-8H,1,4-5H2,2-3H3. The number of esters is 1. The number of rotatable bonds is 3. The molecule has 1 saturated heterocycles. The van der Waals surface area contributed by atoms with Gasteiger partial charge in [0.25, 0.3) is 0 Å². The van der Waals surface area contributed by atoms with Crippen LogP contribution in [0.2, 0.25) is 0 Å². The highest BCUT2D eigenvalue weighted by Crippen LogP contribution is 2.11. The van der Waals surface area contributed by atoms with Crippen molar-refractivity contribution in [1.82, 2.24) is 0 Å². The molecule has 4 heteroatoms. The van der Waals surface area contributed by atoms with Gasteiger partial charge in [0.15, 0.2) is 6.29 Å². The zero-order valence-corrected chi connectivity index (χ0v) is 7.91. The number of hydrogen-bond acceptors (Lipinski definition) is 4. The maximum absolute atomic E-state index is 11.0. The van der Waals surface area contributed by atoms with Gasteiger partial charge in [-0.3, -0.25) is 0 Å². The van der Waals surface area contributed by atoms with Gasteiger partial charge < -0.3 is 14.2 Å². The summed E-state index contributed by atoms with van der Waals surface area (Å²) in [4.78, 5) is 11.0. The van der Waals surface area contributed by atoms with Crippen LogP contribution in [0, 0.1) is 0 Å². The molecule has 74 valence electrons. The van der Waals surface area contributed by atoms with Gasteiger partial charge in [0.1, 0.15) is 12.7 Å². The summed E-state index contributed by atoms with van der Waals surface area (Å²) >= 11 is 0. The predicted molar refractivity (Wildman–Crippen MR) is 46.1 cm³/mol. The fourth-order valence-corrected chi connectivity index (χ4v) is 0.972. The Morgan fingerprint density at radius 3 is 2.85 bits per heavy atom. The van der Waals surface area contributed by atoms with E-state index in [1.54, 1.807) is 13.8 Å². The van der Waals surface area contributed by atoms with E-state index in [-0.39, 0.29) is 25.0 Å². The number of carbonyl (C=O) groups excluding carboxylic acids is 1. The third kappa shape index (κ3) is 3.16. The molecule has 0 N–H and O–H groups in total. The first-order valence-corrected chi connectivity index (χ1v) is 4.19. The molecule has 1 heterocycles. The Hall–Kier alpha value is -0.870. The van der Waals surface area contributed by atoms with E-state index in [0.29, 0.717) is 12.2 Å². The maximum Gasteiger partial charge on any atom is 0.333 e. The molecule has 1 aliphatic heterocycles. The van der Waals surface area contributed by atoms with Gasteiger partial charge in [0.2, 0.25) is 0 Å². The second-order valence-corrected chi connectivity index (χ2v) is 3.04. The fourth-order valence-electron chi connectivity index (χ4n) is 0.972. The largest absolute Gasteiger partial charge is 0.459 e. The lowest BCUT2D eigenvalue weighted by Crippen LogP contribution is -2.21. The third-order valence-electron chi connectivity index (χ3n) is 1.65. The normalized spacial score (nSPS) is 27.2. The summed E-state index contributed by atoms with van der Waals surface area (Å²) in [6.45, 7) is 7.59. The summed E-state index contributed by atoms with van der Waals surface area (Å²) in [5.74, 6) is -0.386. The molecular formula is C9H14O4. The molecular weight excluding hydrogens is 172 g/mol. The zero-order valence-electron chi connectivity index (χ0n) is 7.91. The lowest BCUT2D eigenvalue weighted by atomic mass is 10.3. The van der Waals surface area contributed by atoms with Crippen molar-refractivity contribution in [2.45, 2.75) is 26.2 Å². The average Bonchev–Trinajstić information content (AvgIpc) is 2.47. The van der Waals surface area contributed by atoms with E-state index in [9.17, 15) is 4.79 Å². The topological polar surface area (TPSA) is 44.8 Å². The SMILES string of the molecule is C=C(C)C(=O)OCC1COC(C)O1. The van der Waals surface area contributed by atoms with E-state index in [1.165, 1.54) is 0 Å². The summed E-state index contributed by atoms with van der Waals surface area (Å²) in [6, 6.07) is 0. The highest BCUT2D eigenvalue weighted by atomic mass is 16.7. The van der Waals surface area contributed by atoms with Crippen molar-refractivity contribution >= 4 is 5.97 Å². The van der Waals surface area contributed by atoms with E-state index in [4.69, 9.17) is 14.2 Å². The Balaban J connectivity index is 2.20. The lowest BCUT2D eigenvalue weighted by molar-refractivity contribution is -0.143. The monoisotopic (exact) mass is 186 g/mol. The Morgan fingerprint density at radius 2 is 2.38 bits per heavy atom. The van der Waals surface area contributed by atoms with Crippen molar-refractivity contribution in [1.29, 1.82) is 0 Å². The van der Waals surface area contributed by atoms with Crippen LogP contribution in [0.5, 0.6) is 0 Å². The molecule has 0 aromatic carbocycles. The van der Waals surface area contributed by atoms with E-state index < -0.39 is 0 Å². The molecule has 2 atom stereocenters. The minimum atomic E-state index is -0.386. The molecule has 13 heavy (non-hydrogen) atoms. The van der Waals surface area contributed by atoms with E-state index in [2.05, 4.69) is 6.58 Å². The molecule has 0 aromatic rings. The lowest BCUT2D eigenvalue weighted by Gasteiger charge is -2.09. The molecule has 0 radical (unpaired) electrons. The number of hydrogen-bond donors (Lipinski definition) is 0. The van der Waals surface area contributed by atoms with Gasteiger partial charge in [-0.1, -0.05) is 6.58 Å². The molecule has 1 rings (SSSR count). The molecule has 1 aliphatic rings. The quantitative estimate of drug-likeness (QED) is 0.484. The van der Waals surface area contributed by atoms with E-state index in [0.717, 1.165) is 0 Å². The minimum absolute atomic E-state index is 0.140. The van der Waals surface area contributed by atoms with Crippen LogP contribution in [-0.2, 0) is 19.0 Å². The molecule has 0 saturated carbocycles. The van der Waals surface area contributed by atoms with Crippen LogP contribution >= 0.6 is 0 Å². The Bertz CT molecular complexity index is 212. The number of carbonyl (C=O) groups is 1. The van der Waals surface area contributed by atoms with Crippen LogP contribution in [0.3, 0.4) is 0 Å². The molecule has 0 aliphatic carbocycles. The van der Waals surface area contributed by atoms with Gasteiger partial charge in [0, 0.05) is 5.57 Å². The molecule has 1 fully saturated rings. The van der Waals surface area contributed by atoms with Gasteiger partial charge in [0.05, 0.1) is 6.61 Å². The second kappa shape index (κ2) is 4.39. The predicted octanol–water partition coefficient (Wildman–Crippen LogP) is 0.867. The molecule has 4 nitrogen and oxygen atoms in total. The van der Waals surface area contributed by atoms with Crippen molar-refractivity contribution in [3.05, 3.63) is 12.2 Å². The van der Waals surface area contributed by atoms with Gasteiger partial charge in [-0.05, 0) is 13.8 Å². The molecule has 2 unspecified atom stereocenters. The van der Waals surface area contributed by atoms with Crippen LogP contribution in [-0.4, -0.2) is 31.6 Å². The Labute approximate surface area is 77.5 Å². The van der Waals surface area contributed by atoms with Gasteiger partial charge in [-0.15, -0.1) is 0 Å². The van der Waals surface area contributed by atoms with E-state index in [1.807, 2.05) is 0 Å². The van der Waals surface area contributed by atoms with Crippen molar-refractivity contribution in [3.8, 4) is 0 Å². The average molecular weight is 186 g/mol. The van der Waals surface area contributed by atoms with E-state index >= 15 is 0 Å². The first-order chi connectivity index (χ1) is 6.09. The van der Waals surface area contributed by atoms with Crippen molar-refractivity contribution in [3.63, 3.8) is 0 Å². The smallest absolute Gasteiger partial charge is 0.333 e. The third-order valence-corrected chi connectivity index (χ3v) is 1.65. The fraction of sp³-hybridized carbons (Fsp3) is 0.667. The summed E-state index contributed by atoms with van der Waals surface area (Å²) in [6.07, 6.45) is -0.341. The summed E-state index contributed by atoms with van der Waals surface area (Å²) in [5, 5.41) is 0. The van der Waals surface area contributed by atoms with Crippen LogP contribution in [0.4, 0.5) is 0 Å². The highest BCUT2D eigenvalue weighted by Gasteiger charge is 2.23. The second-order valence-electron chi connectivity index (χ2n) is 3.04. The molecule has 0 aromatic heterocycles. The maximum atomic E-state index is 11.0. The summed E-state index contributed by atoms with van der Waals surface area (Å²) in [5.41, 5.74) is 0.395. The van der Waals surface area contributed by atoms with Crippen LogP contribution < -0.4 is 0 Å². The summed E-state index contributed by atoms with van der Waals surface area (Å²) < 4.78 is 15.3. The summed E-state index contributed by atoms with van der Waals surface area (Å²) in [7, 11) is 0.